The molecule has 0 saturated carbocycles. The van der Waals surface area contributed by atoms with E-state index in [-0.39, 0.29) is 5.41 Å². The van der Waals surface area contributed by atoms with E-state index in [1.165, 1.54) is 0 Å². The van der Waals surface area contributed by atoms with Crippen LogP contribution in [0, 0.1) is 5.41 Å². The van der Waals surface area contributed by atoms with Gasteiger partial charge in [0.25, 0.3) is 10.2 Å². The van der Waals surface area contributed by atoms with Gasteiger partial charge in [-0.25, -0.2) is 0 Å². The van der Waals surface area contributed by atoms with Gasteiger partial charge in [-0.2, -0.15) is 17.0 Å². The Hall–Kier alpha value is -0.170. The van der Waals surface area contributed by atoms with Gasteiger partial charge < -0.3 is 5.73 Å². The van der Waals surface area contributed by atoms with Gasteiger partial charge in [-0.15, -0.1) is 0 Å². The number of piperidine rings is 1. The first-order chi connectivity index (χ1) is 8.98. The van der Waals surface area contributed by atoms with Crippen molar-refractivity contribution in [2.24, 2.45) is 11.1 Å². The predicted molar refractivity (Wildman–Crippen MR) is 76.9 cm³/mol. The summed E-state index contributed by atoms with van der Waals surface area (Å²) >= 11 is 0. The van der Waals surface area contributed by atoms with Crippen LogP contribution in [0.3, 0.4) is 0 Å². The molecule has 0 bridgehead atoms. The molecule has 112 valence electrons. The average molecular weight is 289 g/mol. The summed E-state index contributed by atoms with van der Waals surface area (Å²) < 4.78 is 28.6. The zero-order valence-electron chi connectivity index (χ0n) is 12.0. The summed E-state index contributed by atoms with van der Waals surface area (Å²) in [4.78, 5) is 0. The standard InChI is InChI=1S/C13H27N3O2S/c1-13(12-14)6-10-16(11-7-13)19(17,18)15-8-4-2-3-5-9-15/h2-12,14H2,1H3. The van der Waals surface area contributed by atoms with Crippen molar-refractivity contribution in [1.82, 2.24) is 8.61 Å². The van der Waals surface area contributed by atoms with Crippen LogP contribution in [-0.4, -0.2) is 49.8 Å². The largest absolute Gasteiger partial charge is 0.330 e. The topological polar surface area (TPSA) is 66.6 Å². The molecular weight excluding hydrogens is 262 g/mol. The first kappa shape index (κ1) is 15.2. The lowest BCUT2D eigenvalue weighted by Crippen LogP contribution is -2.50. The Morgan fingerprint density at radius 3 is 1.89 bits per heavy atom. The summed E-state index contributed by atoms with van der Waals surface area (Å²) in [5.74, 6) is 0. The van der Waals surface area contributed by atoms with Crippen LogP contribution in [0.2, 0.25) is 0 Å². The molecule has 0 aromatic rings. The fourth-order valence-electron chi connectivity index (χ4n) is 2.90. The van der Waals surface area contributed by atoms with Crippen molar-refractivity contribution in [3.63, 3.8) is 0 Å². The van der Waals surface area contributed by atoms with Gasteiger partial charge in [0, 0.05) is 26.2 Å². The van der Waals surface area contributed by atoms with E-state index in [9.17, 15) is 8.42 Å². The molecule has 0 radical (unpaired) electrons. The number of hydrogen-bond donors (Lipinski definition) is 1. The lowest BCUT2D eigenvalue weighted by atomic mass is 9.81. The van der Waals surface area contributed by atoms with Gasteiger partial charge in [0.2, 0.25) is 0 Å². The highest BCUT2D eigenvalue weighted by atomic mass is 32.2. The van der Waals surface area contributed by atoms with E-state index in [1.807, 2.05) is 0 Å². The van der Waals surface area contributed by atoms with Crippen molar-refractivity contribution < 1.29 is 8.42 Å². The normalized spacial score (nSPS) is 27.1. The molecule has 2 fully saturated rings. The summed E-state index contributed by atoms with van der Waals surface area (Å²) in [6.45, 7) is 5.41. The third-order valence-corrected chi connectivity index (χ3v) is 6.68. The van der Waals surface area contributed by atoms with Crippen LogP contribution in [0.5, 0.6) is 0 Å². The minimum atomic E-state index is -3.24. The maximum absolute atomic E-state index is 12.6. The van der Waals surface area contributed by atoms with Crippen LogP contribution in [-0.2, 0) is 10.2 Å². The molecule has 0 aliphatic carbocycles. The van der Waals surface area contributed by atoms with Crippen molar-refractivity contribution in [1.29, 1.82) is 0 Å². The summed E-state index contributed by atoms with van der Waals surface area (Å²) in [6, 6.07) is 0. The van der Waals surface area contributed by atoms with Gasteiger partial charge in [0.05, 0.1) is 0 Å². The average Bonchev–Trinajstić information content (AvgIpc) is 2.68. The van der Waals surface area contributed by atoms with E-state index in [4.69, 9.17) is 5.73 Å². The van der Waals surface area contributed by atoms with Crippen LogP contribution >= 0.6 is 0 Å². The van der Waals surface area contributed by atoms with Crippen molar-refractivity contribution in [3.05, 3.63) is 0 Å². The van der Waals surface area contributed by atoms with Gasteiger partial charge in [-0.05, 0) is 37.6 Å². The Bertz CT molecular complexity index is 381. The molecule has 0 aromatic heterocycles. The Balaban J connectivity index is 2.00. The summed E-state index contributed by atoms with van der Waals surface area (Å²) in [7, 11) is -3.24. The highest BCUT2D eigenvalue weighted by Gasteiger charge is 2.36. The molecule has 0 unspecified atom stereocenters. The molecule has 0 amide bonds. The van der Waals surface area contributed by atoms with E-state index in [1.54, 1.807) is 8.61 Å². The first-order valence-corrected chi connectivity index (χ1v) is 8.83. The summed E-state index contributed by atoms with van der Waals surface area (Å²) in [6.07, 6.45) is 6.03. The van der Waals surface area contributed by atoms with Crippen molar-refractivity contribution in [2.45, 2.75) is 45.4 Å². The van der Waals surface area contributed by atoms with Crippen LogP contribution in [0.25, 0.3) is 0 Å². The smallest absolute Gasteiger partial charge is 0.281 e. The number of nitrogens with zero attached hydrogens (tertiary/aromatic N) is 2. The summed E-state index contributed by atoms with van der Waals surface area (Å²) in [5.41, 5.74) is 5.89. The van der Waals surface area contributed by atoms with Crippen LogP contribution in [0.15, 0.2) is 0 Å². The second-order valence-electron chi connectivity index (χ2n) is 6.23. The third-order valence-electron chi connectivity index (χ3n) is 4.64. The highest BCUT2D eigenvalue weighted by Crippen LogP contribution is 2.31. The van der Waals surface area contributed by atoms with Crippen molar-refractivity contribution >= 4 is 10.2 Å². The second-order valence-corrected chi connectivity index (χ2v) is 8.16. The van der Waals surface area contributed by atoms with Crippen LogP contribution in [0.4, 0.5) is 0 Å². The fraction of sp³-hybridized carbons (Fsp3) is 1.00. The molecule has 2 saturated heterocycles. The van der Waals surface area contributed by atoms with Gasteiger partial charge in [0.15, 0.2) is 0 Å². The number of rotatable bonds is 3. The predicted octanol–water partition coefficient (Wildman–Crippen LogP) is 1.17. The quantitative estimate of drug-likeness (QED) is 0.848. The number of nitrogens with two attached hydrogens (primary N) is 1. The first-order valence-electron chi connectivity index (χ1n) is 7.43. The molecule has 0 aromatic carbocycles. The highest BCUT2D eigenvalue weighted by molar-refractivity contribution is 7.86. The zero-order chi connectivity index (χ0) is 13.9. The monoisotopic (exact) mass is 289 g/mol. The van der Waals surface area contributed by atoms with E-state index < -0.39 is 10.2 Å². The minimum Gasteiger partial charge on any atom is -0.330 e. The lowest BCUT2D eigenvalue weighted by Gasteiger charge is -2.39. The van der Waals surface area contributed by atoms with Crippen LogP contribution < -0.4 is 5.73 Å². The Labute approximate surface area is 117 Å². The molecule has 6 heteroatoms. The van der Waals surface area contributed by atoms with Gasteiger partial charge in [-0.3, -0.25) is 0 Å². The van der Waals surface area contributed by atoms with Gasteiger partial charge in [0.1, 0.15) is 0 Å². The van der Waals surface area contributed by atoms with E-state index in [0.29, 0.717) is 32.7 Å². The summed E-state index contributed by atoms with van der Waals surface area (Å²) in [5, 5.41) is 0. The zero-order valence-corrected chi connectivity index (χ0v) is 12.8. The van der Waals surface area contributed by atoms with E-state index in [2.05, 4.69) is 6.92 Å². The van der Waals surface area contributed by atoms with Crippen molar-refractivity contribution in [2.75, 3.05) is 32.7 Å². The molecule has 2 aliphatic heterocycles. The molecule has 2 heterocycles. The molecule has 2 N–H and O–H groups in total. The van der Waals surface area contributed by atoms with Gasteiger partial charge in [-0.1, -0.05) is 19.8 Å². The molecule has 2 aliphatic rings. The Kier molecular flexibility index (Phi) is 4.87. The van der Waals surface area contributed by atoms with Gasteiger partial charge >= 0.3 is 0 Å². The SMILES string of the molecule is CC1(CN)CCN(S(=O)(=O)N2CCCCCC2)CC1. The maximum Gasteiger partial charge on any atom is 0.281 e. The number of hydrogen-bond acceptors (Lipinski definition) is 3. The van der Waals surface area contributed by atoms with E-state index in [0.717, 1.165) is 38.5 Å². The molecule has 0 spiro atoms. The Morgan fingerprint density at radius 2 is 1.42 bits per heavy atom. The lowest BCUT2D eigenvalue weighted by molar-refractivity contribution is 0.175. The molecule has 19 heavy (non-hydrogen) atoms. The Morgan fingerprint density at radius 1 is 0.947 bits per heavy atom. The fourth-order valence-corrected chi connectivity index (χ4v) is 4.59. The van der Waals surface area contributed by atoms with E-state index >= 15 is 0 Å². The molecule has 5 nitrogen and oxygen atoms in total. The molecule has 2 rings (SSSR count). The molecule has 0 atom stereocenters. The van der Waals surface area contributed by atoms with Crippen LogP contribution in [0.1, 0.15) is 45.4 Å². The third kappa shape index (κ3) is 3.48. The van der Waals surface area contributed by atoms with Crippen molar-refractivity contribution in [3.8, 4) is 0 Å². The maximum atomic E-state index is 12.6. The molecular formula is C13H27N3O2S. The minimum absolute atomic E-state index is 0.116. The second kappa shape index (κ2) is 6.08.